The number of hydrogen-bond acceptors (Lipinski definition) is 3. The molecular formula is C14H15NO2. The van der Waals surface area contributed by atoms with Crippen LogP contribution in [0, 0.1) is 0 Å². The summed E-state index contributed by atoms with van der Waals surface area (Å²) in [6.45, 7) is 2.88. The van der Waals surface area contributed by atoms with Crippen LogP contribution in [0.15, 0.2) is 18.2 Å². The Hall–Kier alpha value is -1.77. The standard InChI is InChI=1S/C14H15NO2/c1-3-12-10-5-4-9-6-7-17-14(9)11(10)8-13(15-12)16-2/h4-5,8H,3,6-7H2,1-2H3. The summed E-state index contributed by atoms with van der Waals surface area (Å²) in [4.78, 5) is 4.49. The number of ether oxygens (including phenoxy) is 2. The fourth-order valence-electron chi connectivity index (χ4n) is 2.39. The van der Waals surface area contributed by atoms with Gasteiger partial charge in [-0.2, -0.15) is 0 Å². The number of hydrogen-bond donors (Lipinski definition) is 0. The molecule has 1 aromatic heterocycles. The van der Waals surface area contributed by atoms with E-state index in [1.165, 1.54) is 10.9 Å². The monoisotopic (exact) mass is 229 g/mol. The van der Waals surface area contributed by atoms with Crippen molar-refractivity contribution in [2.75, 3.05) is 13.7 Å². The topological polar surface area (TPSA) is 31.4 Å². The van der Waals surface area contributed by atoms with Crippen molar-refractivity contribution >= 4 is 10.8 Å². The first kappa shape index (κ1) is 10.4. The maximum Gasteiger partial charge on any atom is 0.213 e. The van der Waals surface area contributed by atoms with Crippen LogP contribution in [-0.2, 0) is 12.8 Å². The summed E-state index contributed by atoms with van der Waals surface area (Å²) >= 11 is 0. The van der Waals surface area contributed by atoms with E-state index in [2.05, 4.69) is 24.0 Å². The van der Waals surface area contributed by atoms with E-state index < -0.39 is 0 Å². The summed E-state index contributed by atoms with van der Waals surface area (Å²) < 4.78 is 11.0. The highest BCUT2D eigenvalue weighted by Gasteiger charge is 2.17. The van der Waals surface area contributed by atoms with Crippen molar-refractivity contribution in [2.24, 2.45) is 0 Å². The van der Waals surface area contributed by atoms with Gasteiger partial charge in [0, 0.05) is 23.3 Å². The molecule has 0 saturated heterocycles. The Labute approximate surface area is 100 Å². The highest BCUT2D eigenvalue weighted by Crippen LogP contribution is 2.36. The number of aryl methyl sites for hydroxylation is 1. The van der Waals surface area contributed by atoms with Gasteiger partial charge in [-0.1, -0.05) is 19.1 Å². The third kappa shape index (κ3) is 1.54. The van der Waals surface area contributed by atoms with E-state index in [4.69, 9.17) is 9.47 Å². The smallest absolute Gasteiger partial charge is 0.213 e. The van der Waals surface area contributed by atoms with Crippen LogP contribution in [0.4, 0.5) is 0 Å². The average Bonchev–Trinajstić information content (AvgIpc) is 2.85. The van der Waals surface area contributed by atoms with Crippen molar-refractivity contribution in [1.82, 2.24) is 4.98 Å². The van der Waals surface area contributed by atoms with Gasteiger partial charge in [-0.05, 0) is 12.0 Å². The van der Waals surface area contributed by atoms with Crippen molar-refractivity contribution < 1.29 is 9.47 Å². The van der Waals surface area contributed by atoms with Gasteiger partial charge in [0.15, 0.2) is 0 Å². The zero-order chi connectivity index (χ0) is 11.8. The molecule has 0 atom stereocenters. The van der Waals surface area contributed by atoms with E-state index in [0.717, 1.165) is 36.3 Å². The molecule has 1 aromatic carbocycles. The van der Waals surface area contributed by atoms with Gasteiger partial charge in [0.05, 0.1) is 19.4 Å². The van der Waals surface area contributed by atoms with E-state index in [1.54, 1.807) is 7.11 Å². The van der Waals surface area contributed by atoms with Gasteiger partial charge in [0.1, 0.15) is 5.75 Å². The van der Waals surface area contributed by atoms with Gasteiger partial charge < -0.3 is 9.47 Å². The molecular weight excluding hydrogens is 214 g/mol. The molecule has 88 valence electrons. The first-order valence-corrected chi connectivity index (χ1v) is 5.95. The summed E-state index contributed by atoms with van der Waals surface area (Å²) in [5.41, 5.74) is 2.35. The summed E-state index contributed by atoms with van der Waals surface area (Å²) in [6.07, 6.45) is 1.89. The van der Waals surface area contributed by atoms with Crippen LogP contribution in [0.25, 0.3) is 10.8 Å². The maximum absolute atomic E-state index is 5.73. The van der Waals surface area contributed by atoms with Gasteiger partial charge in [-0.25, -0.2) is 4.98 Å². The minimum absolute atomic E-state index is 0.665. The van der Waals surface area contributed by atoms with E-state index in [0.29, 0.717) is 5.88 Å². The molecule has 3 rings (SSSR count). The Bertz CT molecular complexity index is 578. The lowest BCUT2D eigenvalue weighted by Gasteiger charge is -2.10. The molecule has 0 fully saturated rings. The SMILES string of the molecule is CCc1nc(OC)cc2c3c(ccc12)CCO3. The lowest BCUT2D eigenvalue weighted by atomic mass is 10.0. The van der Waals surface area contributed by atoms with Crippen LogP contribution in [0.2, 0.25) is 0 Å². The molecule has 0 amide bonds. The van der Waals surface area contributed by atoms with Crippen LogP contribution in [0.5, 0.6) is 11.6 Å². The second kappa shape index (κ2) is 3.91. The predicted octanol–water partition coefficient (Wildman–Crippen LogP) is 2.74. The van der Waals surface area contributed by atoms with E-state index in [9.17, 15) is 0 Å². The van der Waals surface area contributed by atoms with Gasteiger partial charge in [0.25, 0.3) is 0 Å². The molecule has 0 N–H and O–H groups in total. The lowest BCUT2D eigenvalue weighted by molar-refractivity contribution is 0.360. The van der Waals surface area contributed by atoms with Crippen molar-refractivity contribution in [3.63, 3.8) is 0 Å². The van der Waals surface area contributed by atoms with Crippen molar-refractivity contribution in [1.29, 1.82) is 0 Å². The zero-order valence-corrected chi connectivity index (χ0v) is 10.1. The molecule has 0 unspecified atom stereocenters. The first-order chi connectivity index (χ1) is 8.33. The van der Waals surface area contributed by atoms with Crippen LogP contribution < -0.4 is 9.47 Å². The number of methoxy groups -OCH3 is 1. The molecule has 17 heavy (non-hydrogen) atoms. The molecule has 3 nitrogen and oxygen atoms in total. The predicted molar refractivity (Wildman–Crippen MR) is 66.9 cm³/mol. The van der Waals surface area contributed by atoms with Crippen LogP contribution in [0.1, 0.15) is 18.2 Å². The zero-order valence-electron chi connectivity index (χ0n) is 10.1. The van der Waals surface area contributed by atoms with Gasteiger partial charge in [-0.3, -0.25) is 0 Å². The normalized spacial score (nSPS) is 13.5. The Morgan fingerprint density at radius 1 is 1.35 bits per heavy atom. The van der Waals surface area contributed by atoms with E-state index in [1.807, 2.05) is 6.07 Å². The minimum Gasteiger partial charge on any atom is -0.492 e. The molecule has 2 heterocycles. The first-order valence-electron chi connectivity index (χ1n) is 5.95. The van der Waals surface area contributed by atoms with Crippen LogP contribution in [0.3, 0.4) is 0 Å². The minimum atomic E-state index is 0.665. The quantitative estimate of drug-likeness (QED) is 0.793. The summed E-state index contributed by atoms with van der Waals surface area (Å²) in [7, 11) is 1.65. The summed E-state index contributed by atoms with van der Waals surface area (Å²) in [6, 6.07) is 6.27. The molecule has 0 bridgehead atoms. The van der Waals surface area contributed by atoms with Crippen molar-refractivity contribution in [3.05, 3.63) is 29.5 Å². The second-order valence-corrected chi connectivity index (χ2v) is 4.21. The third-order valence-electron chi connectivity index (χ3n) is 3.26. The van der Waals surface area contributed by atoms with E-state index in [-0.39, 0.29) is 0 Å². The van der Waals surface area contributed by atoms with E-state index >= 15 is 0 Å². The van der Waals surface area contributed by atoms with Crippen LogP contribution >= 0.6 is 0 Å². The Morgan fingerprint density at radius 3 is 3.00 bits per heavy atom. The number of benzene rings is 1. The van der Waals surface area contributed by atoms with Crippen molar-refractivity contribution in [2.45, 2.75) is 19.8 Å². The molecule has 0 radical (unpaired) electrons. The highest BCUT2D eigenvalue weighted by molar-refractivity contribution is 5.92. The fraction of sp³-hybridized carbons (Fsp3) is 0.357. The fourth-order valence-corrected chi connectivity index (χ4v) is 2.39. The molecule has 0 aliphatic carbocycles. The Kier molecular flexibility index (Phi) is 2.39. The summed E-state index contributed by atoms with van der Waals surface area (Å²) in [5.74, 6) is 1.68. The second-order valence-electron chi connectivity index (χ2n) is 4.21. The molecule has 1 aliphatic heterocycles. The maximum atomic E-state index is 5.73. The number of rotatable bonds is 2. The molecule has 0 spiro atoms. The largest absolute Gasteiger partial charge is 0.492 e. The third-order valence-corrected chi connectivity index (χ3v) is 3.26. The molecule has 2 aromatic rings. The Balaban J connectivity index is 2.35. The van der Waals surface area contributed by atoms with Gasteiger partial charge in [0.2, 0.25) is 5.88 Å². The Morgan fingerprint density at radius 2 is 2.24 bits per heavy atom. The van der Waals surface area contributed by atoms with Crippen molar-refractivity contribution in [3.8, 4) is 11.6 Å². The van der Waals surface area contributed by atoms with Gasteiger partial charge in [-0.15, -0.1) is 0 Å². The highest BCUT2D eigenvalue weighted by atomic mass is 16.5. The number of nitrogens with zero attached hydrogens (tertiary/aromatic N) is 1. The van der Waals surface area contributed by atoms with Crippen LogP contribution in [-0.4, -0.2) is 18.7 Å². The molecule has 0 saturated carbocycles. The number of pyridine rings is 1. The summed E-state index contributed by atoms with van der Waals surface area (Å²) in [5, 5.41) is 2.30. The number of fused-ring (bicyclic) bond motifs is 3. The van der Waals surface area contributed by atoms with Gasteiger partial charge >= 0.3 is 0 Å². The molecule has 1 aliphatic rings. The molecule has 3 heteroatoms. The number of aromatic nitrogens is 1. The lowest BCUT2D eigenvalue weighted by Crippen LogP contribution is -1.95. The average molecular weight is 229 g/mol.